The Kier molecular flexibility index (Phi) is 5.42. The minimum Gasteiger partial charge on any atom is -0.395 e. The lowest BCUT2D eigenvalue weighted by Gasteiger charge is -2.35. The van der Waals surface area contributed by atoms with E-state index in [-0.39, 0.29) is 11.1 Å². The molecule has 0 spiro atoms. The van der Waals surface area contributed by atoms with Gasteiger partial charge in [0, 0.05) is 24.2 Å². The first kappa shape index (κ1) is 17.9. The Morgan fingerprint density at radius 1 is 1.17 bits per heavy atom. The molecular formula is C18H28N3OSi. The number of pyridine rings is 1. The van der Waals surface area contributed by atoms with Crippen LogP contribution in [0.5, 0.6) is 0 Å². The minimum atomic E-state index is -0.821. The van der Waals surface area contributed by atoms with E-state index in [0.717, 1.165) is 24.1 Å². The van der Waals surface area contributed by atoms with E-state index in [2.05, 4.69) is 61.5 Å². The molecule has 0 aliphatic rings. The minimum absolute atomic E-state index is 0.284. The van der Waals surface area contributed by atoms with Gasteiger partial charge in [-0.1, -0.05) is 20.8 Å². The molecule has 23 heavy (non-hydrogen) atoms. The van der Waals surface area contributed by atoms with E-state index in [1.54, 1.807) is 6.20 Å². The molecule has 0 amide bonds. The maximum atomic E-state index is 6.38. The van der Waals surface area contributed by atoms with Gasteiger partial charge in [0.2, 0.25) is 9.04 Å². The first-order valence-electron chi connectivity index (χ1n) is 8.14. The van der Waals surface area contributed by atoms with Crippen LogP contribution in [0.3, 0.4) is 0 Å². The summed E-state index contributed by atoms with van der Waals surface area (Å²) in [6.45, 7) is 13.3. The predicted molar refractivity (Wildman–Crippen MR) is 96.4 cm³/mol. The summed E-state index contributed by atoms with van der Waals surface area (Å²) in [7, 11) is -0.821. The van der Waals surface area contributed by atoms with Crippen LogP contribution >= 0.6 is 0 Å². The molecule has 5 heteroatoms. The lowest BCUT2D eigenvalue weighted by atomic mass is 9.88. The maximum Gasteiger partial charge on any atom is 0.208 e. The van der Waals surface area contributed by atoms with Crippen molar-refractivity contribution in [3.8, 4) is 11.3 Å². The van der Waals surface area contributed by atoms with Crippen molar-refractivity contribution in [1.29, 1.82) is 0 Å². The fourth-order valence-corrected chi connectivity index (χ4v) is 3.61. The summed E-state index contributed by atoms with van der Waals surface area (Å²) in [5, 5.41) is 0. The maximum absolute atomic E-state index is 6.38. The second kappa shape index (κ2) is 6.97. The van der Waals surface area contributed by atoms with Gasteiger partial charge < -0.3 is 8.99 Å². The molecule has 2 aromatic rings. The summed E-state index contributed by atoms with van der Waals surface area (Å²) in [5.74, 6) is 0. The summed E-state index contributed by atoms with van der Waals surface area (Å²) >= 11 is 0. The molecule has 4 nitrogen and oxygen atoms in total. The second-order valence-corrected chi connectivity index (χ2v) is 9.67. The molecule has 0 aliphatic carbocycles. The fourth-order valence-electron chi connectivity index (χ4n) is 2.52. The first-order chi connectivity index (χ1) is 10.7. The van der Waals surface area contributed by atoms with Gasteiger partial charge in [0.25, 0.3) is 0 Å². The van der Waals surface area contributed by atoms with Crippen LogP contribution in [-0.4, -0.2) is 23.6 Å². The summed E-state index contributed by atoms with van der Waals surface area (Å²) in [5.41, 5.74) is 1.90. The highest BCUT2D eigenvalue weighted by Crippen LogP contribution is 2.32. The average molecular weight is 331 g/mol. The van der Waals surface area contributed by atoms with Gasteiger partial charge in [-0.2, -0.15) is 0 Å². The molecule has 0 bridgehead atoms. The van der Waals surface area contributed by atoms with Gasteiger partial charge in [0.15, 0.2) is 0 Å². The van der Waals surface area contributed by atoms with Crippen molar-refractivity contribution >= 4 is 9.04 Å². The number of hydrogen-bond acceptors (Lipinski definition) is 3. The van der Waals surface area contributed by atoms with Gasteiger partial charge in [0.05, 0.1) is 12.0 Å². The van der Waals surface area contributed by atoms with Crippen molar-refractivity contribution in [3.05, 3.63) is 37.1 Å². The topological polar surface area (TPSA) is 39.9 Å². The Balaban J connectivity index is 2.27. The molecule has 2 heterocycles. The largest absolute Gasteiger partial charge is 0.395 e. The van der Waals surface area contributed by atoms with Gasteiger partial charge in [-0.3, -0.25) is 4.98 Å². The Morgan fingerprint density at radius 3 is 2.48 bits per heavy atom. The fraction of sp³-hybridized carbons (Fsp3) is 0.556. The van der Waals surface area contributed by atoms with Crippen LogP contribution in [0.4, 0.5) is 0 Å². The molecule has 1 atom stereocenters. The zero-order chi connectivity index (χ0) is 17.1. The highest BCUT2D eigenvalue weighted by Gasteiger charge is 2.30. The van der Waals surface area contributed by atoms with Gasteiger partial charge >= 0.3 is 0 Å². The van der Waals surface area contributed by atoms with E-state index in [1.807, 2.05) is 24.7 Å². The number of rotatable bonds is 6. The van der Waals surface area contributed by atoms with Crippen LogP contribution in [0.1, 0.15) is 40.5 Å². The molecule has 0 unspecified atom stereocenters. The van der Waals surface area contributed by atoms with Gasteiger partial charge in [0.1, 0.15) is 5.72 Å². The highest BCUT2D eigenvalue weighted by atomic mass is 28.3. The third kappa shape index (κ3) is 5.01. The van der Waals surface area contributed by atoms with E-state index in [4.69, 9.17) is 4.43 Å². The first-order valence-corrected chi connectivity index (χ1v) is 10.5. The Labute approximate surface area is 141 Å². The van der Waals surface area contributed by atoms with Crippen molar-refractivity contribution in [2.75, 3.05) is 0 Å². The number of nitrogens with zero attached hydrogens (tertiary/aromatic N) is 3. The van der Waals surface area contributed by atoms with Gasteiger partial charge in [-0.25, -0.2) is 4.98 Å². The third-order valence-corrected chi connectivity index (χ3v) is 4.70. The SMILES string of the molecule is C[Si](C)O[C@](C)(CCC(C)(C)C)n1cnc(-c2cccnc2)c1. The molecule has 125 valence electrons. The quantitative estimate of drug-likeness (QED) is 0.720. The number of aromatic nitrogens is 3. The van der Waals surface area contributed by atoms with Crippen LogP contribution in [-0.2, 0) is 10.2 Å². The van der Waals surface area contributed by atoms with E-state index in [0.29, 0.717) is 0 Å². The lowest BCUT2D eigenvalue weighted by Crippen LogP contribution is -2.37. The third-order valence-electron chi connectivity index (χ3n) is 3.85. The highest BCUT2D eigenvalue weighted by molar-refractivity contribution is 6.48. The summed E-state index contributed by atoms with van der Waals surface area (Å²) in [6.07, 6.45) is 9.64. The smallest absolute Gasteiger partial charge is 0.208 e. The normalized spacial score (nSPS) is 14.9. The molecule has 0 saturated carbocycles. The zero-order valence-electron chi connectivity index (χ0n) is 15.1. The zero-order valence-corrected chi connectivity index (χ0v) is 16.1. The molecule has 0 aromatic carbocycles. The summed E-state index contributed by atoms with van der Waals surface area (Å²) in [4.78, 5) is 8.73. The van der Waals surface area contributed by atoms with Crippen molar-refractivity contribution in [3.63, 3.8) is 0 Å². The Bertz CT molecular complexity index is 619. The standard InChI is InChI=1S/C18H28N3OSi/c1-17(2,3)9-10-18(4,22-23(5)6)21-13-16(20-14-21)15-8-7-11-19-12-15/h7-8,11-14H,9-10H2,1-6H3/t18-/m1/s1. The monoisotopic (exact) mass is 330 g/mol. The molecule has 0 aliphatic heterocycles. The molecule has 0 fully saturated rings. The van der Waals surface area contributed by atoms with Crippen LogP contribution in [0.2, 0.25) is 13.1 Å². The van der Waals surface area contributed by atoms with Crippen LogP contribution < -0.4 is 0 Å². The summed E-state index contributed by atoms with van der Waals surface area (Å²) < 4.78 is 8.50. The van der Waals surface area contributed by atoms with Crippen LogP contribution in [0, 0.1) is 5.41 Å². The molecule has 2 rings (SSSR count). The summed E-state index contributed by atoms with van der Waals surface area (Å²) in [6, 6.07) is 3.96. The Hall–Kier alpha value is -1.46. The molecule has 2 aromatic heterocycles. The lowest BCUT2D eigenvalue weighted by molar-refractivity contribution is -0.0101. The molecule has 1 radical (unpaired) electrons. The average Bonchev–Trinajstić information content (AvgIpc) is 2.95. The second-order valence-electron chi connectivity index (χ2n) is 7.65. The van der Waals surface area contributed by atoms with Crippen molar-refractivity contribution in [2.24, 2.45) is 5.41 Å². The Morgan fingerprint density at radius 2 is 1.91 bits per heavy atom. The van der Waals surface area contributed by atoms with E-state index >= 15 is 0 Å². The van der Waals surface area contributed by atoms with E-state index < -0.39 is 9.04 Å². The molecule has 0 N–H and O–H groups in total. The molecule has 0 saturated heterocycles. The number of imidazole rings is 1. The van der Waals surface area contributed by atoms with Gasteiger partial charge in [-0.15, -0.1) is 0 Å². The van der Waals surface area contributed by atoms with E-state index in [9.17, 15) is 0 Å². The number of hydrogen-bond donors (Lipinski definition) is 0. The van der Waals surface area contributed by atoms with Crippen molar-refractivity contribution in [1.82, 2.24) is 14.5 Å². The van der Waals surface area contributed by atoms with Crippen molar-refractivity contribution < 1.29 is 4.43 Å². The predicted octanol–water partition coefficient (Wildman–Crippen LogP) is 4.71. The van der Waals surface area contributed by atoms with Crippen molar-refractivity contribution in [2.45, 2.75) is 59.4 Å². The molecular weight excluding hydrogens is 302 g/mol. The van der Waals surface area contributed by atoms with Crippen LogP contribution in [0.15, 0.2) is 37.1 Å². The van der Waals surface area contributed by atoms with Crippen LogP contribution in [0.25, 0.3) is 11.3 Å². The van der Waals surface area contributed by atoms with E-state index in [1.165, 1.54) is 0 Å². The van der Waals surface area contributed by atoms with Gasteiger partial charge in [-0.05, 0) is 50.4 Å².